The molecule has 1 nitrogen and oxygen atoms in total. The third kappa shape index (κ3) is 2.90. The van der Waals surface area contributed by atoms with Crippen LogP contribution in [0.15, 0.2) is 59.1 Å². The minimum Gasteiger partial charge on any atom is -0.378 e. The second-order valence-electron chi connectivity index (χ2n) is 4.74. The molecule has 0 fully saturated rings. The molecule has 0 amide bonds. The van der Waals surface area contributed by atoms with Crippen LogP contribution in [0.25, 0.3) is 10.8 Å². The van der Waals surface area contributed by atoms with Gasteiger partial charge in [-0.15, -0.1) is 0 Å². The summed E-state index contributed by atoms with van der Waals surface area (Å²) in [5.41, 5.74) is 1.33. The minimum atomic E-state index is -0.609. The molecule has 0 aromatic heterocycles. The van der Waals surface area contributed by atoms with E-state index in [1.165, 1.54) is 6.07 Å². The molecule has 0 saturated carbocycles. The number of fused-ring (bicyclic) bond motifs is 1. The molecule has 0 unspecified atom stereocenters. The number of anilines is 1. The Labute approximate surface area is 129 Å². The van der Waals surface area contributed by atoms with E-state index in [0.717, 1.165) is 22.4 Å². The van der Waals surface area contributed by atoms with Crippen LogP contribution in [0.3, 0.4) is 0 Å². The van der Waals surface area contributed by atoms with Crippen molar-refractivity contribution in [1.29, 1.82) is 0 Å². The Morgan fingerprint density at radius 1 is 0.952 bits per heavy atom. The molecule has 3 aromatic carbocycles. The van der Waals surface area contributed by atoms with Gasteiger partial charge in [0.1, 0.15) is 11.6 Å². The molecule has 0 bridgehead atoms. The first kappa shape index (κ1) is 14.0. The Morgan fingerprint density at radius 2 is 1.71 bits per heavy atom. The SMILES string of the molecule is Fc1cc(F)c(NCc2cccc3ccccc23)c(Br)c1. The zero-order chi connectivity index (χ0) is 14.8. The molecule has 0 atom stereocenters. The second kappa shape index (κ2) is 5.82. The van der Waals surface area contributed by atoms with Gasteiger partial charge >= 0.3 is 0 Å². The summed E-state index contributed by atoms with van der Waals surface area (Å²) < 4.78 is 27.3. The summed E-state index contributed by atoms with van der Waals surface area (Å²) in [6.45, 7) is 0.461. The van der Waals surface area contributed by atoms with Crippen molar-refractivity contribution in [3.8, 4) is 0 Å². The summed E-state index contributed by atoms with van der Waals surface area (Å²) in [5, 5.41) is 5.28. The standard InChI is InChI=1S/C17H12BrF2N/c18-15-8-13(19)9-16(20)17(15)21-10-12-6-3-5-11-4-1-2-7-14(11)12/h1-9,21H,10H2. The van der Waals surface area contributed by atoms with Gasteiger partial charge in [0.2, 0.25) is 0 Å². The van der Waals surface area contributed by atoms with Crippen LogP contribution in [0.1, 0.15) is 5.56 Å². The largest absolute Gasteiger partial charge is 0.378 e. The van der Waals surface area contributed by atoms with E-state index in [9.17, 15) is 8.78 Å². The van der Waals surface area contributed by atoms with Gasteiger partial charge in [-0.3, -0.25) is 0 Å². The Hall–Kier alpha value is -1.94. The van der Waals surface area contributed by atoms with Crippen LogP contribution in [0, 0.1) is 11.6 Å². The Kier molecular flexibility index (Phi) is 3.88. The topological polar surface area (TPSA) is 12.0 Å². The molecule has 0 heterocycles. The fourth-order valence-corrected chi connectivity index (χ4v) is 2.89. The summed E-state index contributed by atoms with van der Waals surface area (Å²) in [4.78, 5) is 0. The lowest BCUT2D eigenvalue weighted by Crippen LogP contribution is -2.03. The summed E-state index contributed by atoms with van der Waals surface area (Å²) in [5.74, 6) is -1.21. The molecule has 0 spiro atoms. The Bertz CT molecular complexity index is 773. The van der Waals surface area contributed by atoms with Gasteiger partial charge in [-0.05, 0) is 38.3 Å². The fraction of sp³-hybridized carbons (Fsp3) is 0.0588. The summed E-state index contributed by atoms with van der Waals surface area (Å²) in [7, 11) is 0. The molecular weight excluding hydrogens is 336 g/mol. The predicted molar refractivity (Wildman–Crippen MR) is 85.3 cm³/mol. The fourth-order valence-electron chi connectivity index (χ4n) is 2.34. The van der Waals surface area contributed by atoms with Crippen LogP contribution >= 0.6 is 15.9 Å². The van der Waals surface area contributed by atoms with Gasteiger partial charge in [-0.2, -0.15) is 0 Å². The summed E-state index contributed by atoms with van der Waals surface area (Å²) in [6, 6.07) is 16.1. The van der Waals surface area contributed by atoms with Crippen LogP contribution in [0.4, 0.5) is 14.5 Å². The molecule has 3 rings (SSSR count). The van der Waals surface area contributed by atoms with Crippen molar-refractivity contribution in [2.24, 2.45) is 0 Å². The van der Waals surface area contributed by atoms with Gasteiger partial charge in [0.15, 0.2) is 0 Å². The molecule has 0 saturated heterocycles. The van der Waals surface area contributed by atoms with Crippen LogP contribution in [-0.2, 0) is 6.54 Å². The quantitative estimate of drug-likeness (QED) is 0.660. The van der Waals surface area contributed by atoms with Crippen molar-refractivity contribution in [3.05, 3.63) is 76.3 Å². The number of hydrogen-bond donors (Lipinski definition) is 1. The molecule has 106 valence electrons. The van der Waals surface area contributed by atoms with E-state index >= 15 is 0 Å². The first-order chi connectivity index (χ1) is 10.1. The van der Waals surface area contributed by atoms with Gasteiger partial charge in [0.05, 0.1) is 5.69 Å². The van der Waals surface area contributed by atoms with Gasteiger partial charge in [0.25, 0.3) is 0 Å². The van der Waals surface area contributed by atoms with E-state index in [1.807, 2.05) is 42.5 Å². The smallest absolute Gasteiger partial charge is 0.150 e. The highest BCUT2D eigenvalue weighted by molar-refractivity contribution is 9.10. The summed E-state index contributed by atoms with van der Waals surface area (Å²) in [6.07, 6.45) is 0. The predicted octanol–water partition coefficient (Wildman–Crippen LogP) is 5.49. The van der Waals surface area contributed by atoms with Crippen LogP contribution < -0.4 is 5.32 Å². The highest BCUT2D eigenvalue weighted by Crippen LogP contribution is 2.28. The van der Waals surface area contributed by atoms with E-state index in [2.05, 4.69) is 21.2 Å². The lowest BCUT2D eigenvalue weighted by molar-refractivity contribution is 0.583. The van der Waals surface area contributed by atoms with Crippen molar-refractivity contribution in [1.82, 2.24) is 0 Å². The van der Waals surface area contributed by atoms with E-state index < -0.39 is 11.6 Å². The lowest BCUT2D eigenvalue weighted by Gasteiger charge is -2.12. The number of rotatable bonds is 3. The average molecular weight is 348 g/mol. The van der Waals surface area contributed by atoms with Crippen molar-refractivity contribution in [2.75, 3.05) is 5.32 Å². The molecule has 21 heavy (non-hydrogen) atoms. The third-order valence-electron chi connectivity index (χ3n) is 3.34. The van der Waals surface area contributed by atoms with Gasteiger partial charge in [-0.1, -0.05) is 42.5 Å². The molecule has 0 radical (unpaired) electrons. The molecular formula is C17H12BrF2N. The van der Waals surface area contributed by atoms with E-state index in [-0.39, 0.29) is 5.69 Å². The summed E-state index contributed by atoms with van der Waals surface area (Å²) >= 11 is 3.18. The zero-order valence-corrected chi connectivity index (χ0v) is 12.6. The van der Waals surface area contributed by atoms with Gasteiger partial charge in [-0.25, -0.2) is 8.78 Å². The van der Waals surface area contributed by atoms with E-state index in [0.29, 0.717) is 11.0 Å². The molecule has 0 aliphatic rings. The van der Waals surface area contributed by atoms with Crippen molar-refractivity contribution in [3.63, 3.8) is 0 Å². The number of benzene rings is 3. The second-order valence-corrected chi connectivity index (χ2v) is 5.59. The lowest BCUT2D eigenvalue weighted by atomic mass is 10.0. The number of hydrogen-bond acceptors (Lipinski definition) is 1. The van der Waals surface area contributed by atoms with Crippen molar-refractivity contribution in [2.45, 2.75) is 6.54 Å². The molecule has 1 N–H and O–H groups in total. The van der Waals surface area contributed by atoms with Crippen LogP contribution in [0.2, 0.25) is 0 Å². The average Bonchev–Trinajstić information content (AvgIpc) is 2.46. The van der Waals surface area contributed by atoms with Crippen molar-refractivity contribution < 1.29 is 8.78 Å². The zero-order valence-electron chi connectivity index (χ0n) is 11.0. The molecule has 4 heteroatoms. The van der Waals surface area contributed by atoms with E-state index in [4.69, 9.17) is 0 Å². The maximum absolute atomic E-state index is 13.8. The van der Waals surface area contributed by atoms with E-state index in [1.54, 1.807) is 0 Å². The first-order valence-corrected chi connectivity index (χ1v) is 7.29. The molecule has 0 aliphatic heterocycles. The third-order valence-corrected chi connectivity index (χ3v) is 3.97. The van der Waals surface area contributed by atoms with Crippen LogP contribution in [-0.4, -0.2) is 0 Å². The number of nitrogens with one attached hydrogen (secondary N) is 1. The highest BCUT2D eigenvalue weighted by Gasteiger charge is 2.09. The Balaban J connectivity index is 1.91. The van der Waals surface area contributed by atoms with Crippen LogP contribution in [0.5, 0.6) is 0 Å². The normalized spacial score (nSPS) is 10.8. The van der Waals surface area contributed by atoms with Gasteiger partial charge in [0, 0.05) is 17.1 Å². The van der Waals surface area contributed by atoms with Gasteiger partial charge < -0.3 is 5.32 Å². The maximum atomic E-state index is 13.8. The monoisotopic (exact) mass is 347 g/mol. The van der Waals surface area contributed by atoms with Crippen molar-refractivity contribution >= 4 is 32.4 Å². The maximum Gasteiger partial charge on any atom is 0.150 e. The first-order valence-electron chi connectivity index (χ1n) is 6.50. The highest BCUT2D eigenvalue weighted by atomic mass is 79.9. The Morgan fingerprint density at radius 3 is 2.52 bits per heavy atom. The number of halogens is 3. The molecule has 3 aromatic rings. The minimum absolute atomic E-state index is 0.268. The molecule has 0 aliphatic carbocycles.